The molecule has 0 aliphatic rings. The number of nitrogens with one attached hydrogen (secondary N) is 1. The highest BCUT2D eigenvalue weighted by Gasteiger charge is 2.11. The monoisotopic (exact) mass is 287 g/mol. The molecule has 1 heterocycles. The highest BCUT2D eigenvalue weighted by Crippen LogP contribution is 2.12. The molecule has 5 heteroatoms. The second-order valence-corrected chi connectivity index (χ2v) is 4.46. The fourth-order valence-electron chi connectivity index (χ4n) is 1.41. The molecule has 0 aliphatic carbocycles. The molecule has 1 rings (SSSR count). The molecule has 1 aromatic rings. The van der Waals surface area contributed by atoms with Crippen LogP contribution in [0, 0.1) is 6.92 Å². The topological polar surface area (TPSA) is 70.2 Å². The van der Waals surface area contributed by atoms with Crippen LogP contribution >= 0.6 is 15.9 Å². The zero-order valence-corrected chi connectivity index (χ0v) is 10.6. The maximum absolute atomic E-state index is 11.7. The van der Waals surface area contributed by atoms with E-state index in [-0.39, 0.29) is 17.9 Å². The lowest BCUT2D eigenvalue weighted by molar-refractivity contribution is 0.0971. The Balaban J connectivity index is 2.83. The summed E-state index contributed by atoms with van der Waals surface area (Å²) in [5.41, 5.74) is 0.822. The molecule has 0 spiro atoms. The molecule has 0 fully saturated rings. The van der Waals surface area contributed by atoms with Crippen LogP contribution in [0.5, 0.6) is 0 Å². The minimum atomic E-state index is -0.295. The van der Waals surface area contributed by atoms with Gasteiger partial charge in [-0.15, -0.1) is 0 Å². The first-order valence-corrected chi connectivity index (χ1v) is 5.89. The van der Waals surface area contributed by atoms with E-state index in [0.717, 1.165) is 5.56 Å². The van der Waals surface area contributed by atoms with E-state index < -0.39 is 0 Å². The number of H-pyrrole nitrogens is 1. The first-order chi connectivity index (χ1) is 7.56. The van der Waals surface area contributed by atoms with Crippen LogP contribution in [0.4, 0.5) is 0 Å². The molecule has 88 valence electrons. The number of ketones is 1. The number of halogens is 1. The van der Waals surface area contributed by atoms with Gasteiger partial charge in [-0.25, -0.2) is 0 Å². The van der Waals surface area contributed by atoms with Gasteiger partial charge in [-0.2, -0.15) is 0 Å². The maximum atomic E-state index is 11.7. The molecule has 1 aromatic heterocycles. The van der Waals surface area contributed by atoms with Crippen molar-refractivity contribution in [2.75, 3.05) is 6.61 Å². The highest BCUT2D eigenvalue weighted by atomic mass is 79.9. The summed E-state index contributed by atoms with van der Waals surface area (Å²) in [6.07, 6.45) is 1.58. The normalized spacial score (nSPS) is 10.4. The predicted octanol–water partition coefficient (Wildman–Crippen LogP) is 1.79. The van der Waals surface area contributed by atoms with Crippen LogP contribution in [0.25, 0.3) is 0 Å². The van der Waals surface area contributed by atoms with Gasteiger partial charge in [-0.05, 0) is 47.3 Å². The predicted molar refractivity (Wildman–Crippen MR) is 64.8 cm³/mol. The Morgan fingerprint density at radius 1 is 1.50 bits per heavy atom. The number of unbranched alkanes of at least 4 members (excludes halogenated alkanes) is 1. The second-order valence-electron chi connectivity index (χ2n) is 3.61. The van der Waals surface area contributed by atoms with Crippen LogP contribution in [-0.2, 0) is 0 Å². The highest BCUT2D eigenvalue weighted by molar-refractivity contribution is 9.10. The average Bonchev–Trinajstić information content (AvgIpc) is 2.23. The Hall–Kier alpha value is -0.940. The van der Waals surface area contributed by atoms with Crippen molar-refractivity contribution in [3.05, 3.63) is 32.2 Å². The summed E-state index contributed by atoms with van der Waals surface area (Å²) in [4.78, 5) is 25.6. The Morgan fingerprint density at radius 2 is 2.19 bits per heavy atom. The summed E-state index contributed by atoms with van der Waals surface area (Å²) in [6.45, 7) is 1.86. The molecule has 0 aromatic carbocycles. The third kappa shape index (κ3) is 3.28. The number of aryl methyl sites for hydroxylation is 1. The van der Waals surface area contributed by atoms with Crippen LogP contribution in [-0.4, -0.2) is 22.5 Å². The fraction of sp³-hybridized carbons (Fsp3) is 0.455. The molecule has 0 saturated carbocycles. The van der Waals surface area contributed by atoms with Gasteiger partial charge in [0.15, 0.2) is 5.78 Å². The van der Waals surface area contributed by atoms with Crippen molar-refractivity contribution in [3.63, 3.8) is 0 Å². The van der Waals surface area contributed by atoms with Gasteiger partial charge in [-0.1, -0.05) is 0 Å². The first-order valence-electron chi connectivity index (χ1n) is 5.09. The van der Waals surface area contributed by atoms with Crippen molar-refractivity contribution >= 4 is 21.7 Å². The lowest BCUT2D eigenvalue weighted by Gasteiger charge is -2.04. The summed E-state index contributed by atoms with van der Waals surface area (Å²) in [7, 11) is 0. The lowest BCUT2D eigenvalue weighted by Crippen LogP contribution is -2.15. The molecule has 16 heavy (non-hydrogen) atoms. The second kappa shape index (κ2) is 5.96. The van der Waals surface area contributed by atoms with Gasteiger partial charge in [0, 0.05) is 13.0 Å². The van der Waals surface area contributed by atoms with Crippen molar-refractivity contribution < 1.29 is 9.90 Å². The number of pyridine rings is 1. The van der Waals surface area contributed by atoms with E-state index in [1.54, 1.807) is 13.0 Å². The SMILES string of the molecule is Cc1cc(Br)c(=O)[nH]c1C(=O)CCCCO. The van der Waals surface area contributed by atoms with Gasteiger partial charge in [-0.3, -0.25) is 9.59 Å². The minimum absolute atomic E-state index is 0.0864. The van der Waals surface area contributed by atoms with E-state index in [1.165, 1.54) is 0 Å². The molecular formula is C11H14BrNO3. The van der Waals surface area contributed by atoms with Crippen molar-refractivity contribution in [3.8, 4) is 0 Å². The van der Waals surface area contributed by atoms with E-state index in [4.69, 9.17) is 5.11 Å². The Morgan fingerprint density at radius 3 is 2.81 bits per heavy atom. The molecule has 0 radical (unpaired) electrons. The standard InChI is InChI=1S/C11H14BrNO3/c1-7-6-8(12)11(16)13-10(7)9(15)4-2-3-5-14/h6,14H,2-5H2,1H3,(H,13,16). The summed E-state index contributed by atoms with van der Waals surface area (Å²) in [6, 6.07) is 1.64. The third-order valence-electron chi connectivity index (χ3n) is 2.28. The van der Waals surface area contributed by atoms with E-state index in [9.17, 15) is 9.59 Å². The smallest absolute Gasteiger partial charge is 0.262 e. The number of aromatic nitrogens is 1. The van der Waals surface area contributed by atoms with Gasteiger partial charge in [0.25, 0.3) is 5.56 Å². The number of aliphatic hydroxyl groups is 1. The van der Waals surface area contributed by atoms with E-state index >= 15 is 0 Å². The zero-order valence-electron chi connectivity index (χ0n) is 9.05. The minimum Gasteiger partial charge on any atom is -0.396 e. The molecule has 0 unspecified atom stereocenters. The van der Waals surface area contributed by atoms with Crippen molar-refractivity contribution in [1.29, 1.82) is 0 Å². The van der Waals surface area contributed by atoms with Crippen LogP contribution in [0.1, 0.15) is 35.3 Å². The van der Waals surface area contributed by atoms with Crippen molar-refractivity contribution in [2.24, 2.45) is 0 Å². The summed E-state index contributed by atoms with van der Waals surface area (Å²) >= 11 is 3.11. The summed E-state index contributed by atoms with van der Waals surface area (Å²) < 4.78 is 0.428. The van der Waals surface area contributed by atoms with Crippen LogP contribution in [0.2, 0.25) is 0 Å². The maximum Gasteiger partial charge on any atom is 0.262 e. The lowest BCUT2D eigenvalue weighted by atomic mass is 10.1. The quantitative estimate of drug-likeness (QED) is 0.641. The first kappa shape index (κ1) is 13.1. The van der Waals surface area contributed by atoms with Crippen LogP contribution in [0.3, 0.4) is 0 Å². The number of hydrogen-bond acceptors (Lipinski definition) is 3. The summed E-state index contributed by atoms with van der Waals surface area (Å²) in [5.74, 6) is -0.0875. The number of hydrogen-bond donors (Lipinski definition) is 2. The Bertz CT molecular complexity index is 439. The van der Waals surface area contributed by atoms with Crippen LogP contribution < -0.4 is 5.56 Å². The number of aliphatic hydroxyl groups excluding tert-OH is 1. The Kier molecular flexibility index (Phi) is 4.89. The molecule has 0 aliphatic heterocycles. The number of carbonyl (C=O) groups excluding carboxylic acids is 1. The number of rotatable bonds is 5. The number of aromatic amines is 1. The molecule has 0 bridgehead atoms. The van der Waals surface area contributed by atoms with Gasteiger partial charge < -0.3 is 10.1 Å². The molecule has 2 N–H and O–H groups in total. The van der Waals surface area contributed by atoms with Gasteiger partial charge in [0.1, 0.15) is 0 Å². The molecule has 0 amide bonds. The summed E-state index contributed by atoms with van der Waals surface area (Å²) in [5, 5.41) is 8.61. The molecule has 0 atom stereocenters. The van der Waals surface area contributed by atoms with Gasteiger partial charge in [0.2, 0.25) is 0 Å². The number of Topliss-reactive ketones (excluding diaryl/α,β-unsaturated/α-hetero) is 1. The third-order valence-corrected chi connectivity index (χ3v) is 2.87. The largest absolute Gasteiger partial charge is 0.396 e. The zero-order chi connectivity index (χ0) is 12.1. The fourth-order valence-corrected chi connectivity index (χ4v) is 1.85. The van der Waals surface area contributed by atoms with E-state index in [1.807, 2.05) is 0 Å². The average molecular weight is 288 g/mol. The van der Waals surface area contributed by atoms with E-state index in [0.29, 0.717) is 29.4 Å². The van der Waals surface area contributed by atoms with Gasteiger partial charge >= 0.3 is 0 Å². The van der Waals surface area contributed by atoms with Crippen LogP contribution in [0.15, 0.2) is 15.3 Å². The van der Waals surface area contributed by atoms with E-state index in [2.05, 4.69) is 20.9 Å². The van der Waals surface area contributed by atoms with Crippen molar-refractivity contribution in [1.82, 2.24) is 4.98 Å². The van der Waals surface area contributed by atoms with Crippen molar-refractivity contribution in [2.45, 2.75) is 26.2 Å². The molecule has 0 saturated heterocycles. The molecule has 4 nitrogen and oxygen atoms in total. The van der Waals surface area contributed by atoms with Gasteiger partial charge in [0.05, 0.1) is 10.2 Å². The Labute approximate surface area is 102 Å². The molecular weight excluding hydrogens is 274 g/mol. The number of carbonyl (C=O) groups is 1.